The molecule has 0 bridgehead atoms. The topological polar surface area (TPSA) is 79.8 Å². The molecule has 32 heavy (non-hydrogen) atoms. The molecule has 10 heteroatoms. The molecular formula is C22H20Cl2N6O2. The molecule has 0 N–H and O–H groups in total. The van der Waals surface area contributed by atoms with E-state index in [1.54, 1.807) is 28.9 Å². The monoisotopic (exact) mass is 470 g/mol. The van der Waals surface area contributed by atoms with Gasteiger partial charge in [0.1, 0.15) is 11.5 Å². The van der Waals surface area contributed by atoms with Crippen molar-refractivity contribution >= 4 is 40.8 Å². The number of hydrogen-bond acceptors (Lipinski definition) is 6. The van der Waals surface area contributed by atoms with Gasteiger partial charge < -0.3 is 14.2 Å². The van der Waals surface area contributed by atoms with Crippen LogP contribution in [0.5, 0.6) is 0 Å². The number of amides is 1. The molecule has 0 radical (unpaired) electrons. The lowest BCUT2D eigenvalue weighted by molar-refractivity contribution is 0.0744. The van der Waals surface area contributed by atoms with Gasteiger partial charge in [-0.1, -0.05) is 29.3 Å². The minimum atomic E-state index is -0.00877. The molecule has 0 unspecified atom stereocenters. The van der Waals surface area contributed by atoms with Crippen LogP contribution in [0, 0.1) is 13.8 Å². The zero-order valence-electron chi connectivity index (χ0n) is 17.5. The van der Waals surface area contributed by atoms with Crippen LogP contribution in [0.2, 0.25) is 10.0 Å². The summed E-state index contributed by atoms with van der Waals surface area (Å²) in [4.78, 5) is 25.7. The Morgan fingerprint density at radius 1 is 1.03 bits per heavy atom. The molecule has 1 aromatic carbocycles. The molecule has 1 fully saturated rings. The van der Waals surface area contributed by atoms with Crippen LogP contribution in [0.25, 0.3) is 17.0 Å². The zero-order valence-corrected chi connectivity index (χ0v) is 19.1. The number of fused-ring (bicyclic) bond motifs is 1. The fourth-order valence-electron chi connectivity index (χ4n) is 3.91. The quantitative estimate of drug-likeness (QED) is 0.444. The van der Waals surface area contributed by atoms with Crippen molar-refractivity contribution < 1.29 is 9.21 Å². The van der Waals surface area contributed by atoms with Crippen molar-refractivity contribution in [1.82, 2.24) is 24.5 Å². The molecule has 1 amide bonds. The standard InChI is InChI=1S/C22H20Cl2N6O2/c1-13-11-16(14(2)32-13)20(31)28-7-9-29(10-8-28)22-26-21-25-6-5-19(30(21)27-22)15-3-4-17(23)18(24)12-15/h3-6,11-12H,7-10H2,1-2H3. The van der Waals surface area contributed by atoms with Gasteiger partial charge >= 0.3 is 0 Å². The molecule has 8 nitrogen and oxygen atoms in total. The van der Waals surface area contributed by atoms with Crippen molar-refractivity contribution in [3.63, 3.8) is 0 Å². The summed E-state index contributed by atoms with van der Waals surface area (Å²) < 4.78 is 7.21. The number of carbonyl (C=O) groups is 1. The average Bonchev–Trinajstić information content (AvgIpc) is 3.37. The summed E-state index contributed by atoms with van der Waals surface area (Å²) in [5.74, 6) is 2.45. The van der Waals surface area contributed by atoms with Gasteiger partial charge in [0, 0.05) is 37.9 Å². The maximum absolute atomic E-state index is 12.9. The second-order valence-electron chi connectivity index (χ2n) is 7.69. The lowest BCUT2D eigenvalue weighted by Crippen LogP contribution is -2.49. The second kappa shape index (κ2) is 8.11. The minimum absolute atomic E-state index is 0.00877. The second-order valence-corrected chi connectivity index (χ2v) is 8.50. The third kappa shape index (κ3) is 3.69. The van der Waals surface area contributed by atoms with Gasteiger partial charge in [0.2, 0.25) is 5.95 Å². The molecule has 4 aromatic rings. The van der Waals surface area contributed by atoms with E-state index in [1.165, 1.54) is 0 Å². The summed E-state index contributed by atoms with van der Waals surface area (Å²) in [6, 6.07) is 9.09. The first kappa shape index (κ1) is 20.8. The smallest absolute Gasteiger partial charge is 0.257 e. The van der Waals surface area contributed by atoms with Crippen LogP contribution >= 0.6 is 23.2 Å². The van der Waals surface area contributed by atoms with Gasteiger partial charge in [-0.25, -0.2) is 4.98 Å². The molecule has 0 saturated carbocycles. The summed E-state index contributed by atoms with van der Waals surface area (Å²) in [7, 11) is 0. The van der Waals surface area contributed by atoms with Crippen LogP contribution < -0.4 is 4.90 Å². The molecule has 0 atom stereocenters. The van der Waals surface area contributed by atoms with Crippen molar-refractivity contribution in [3.05, 3.63) is 63.7 Å². The number of carbonyl (C=O) groups excluding carboxylic acids is 1. The van der Waals surface area contributed by atoms with Gasteiger partial charge in [-0.2, -0.15) is 9.50 Å². The van der Waals surface area contributed by atoms with Crippen molar-refractivity contribution in [1.29, 1.82) is 0 Å². The predicted molar refractivity (Wildman–Crippen MR) is 123 cm³/mol. The molecule has 4 heterocycles. The number of piperazine rings is 1. The van der Waals surface area contributed by atoms with Crippen LogP contribution in [0.15, 0.2) is 40.9 Å². The van der Waals surface area contributed by atoms with E-state index in [4.69, 9.17) is 27.6 Å². The molecular weight excluding hydrogens is 451 g/mol. The van der Waals surface area contributed by atoms with Crippen molar-refractivity contribution in [3.8, 4) is 11.3 Å². The summed E-state index contributed by atoms with van der Waals surface area (Å²) in [5, 5.41) is 5.65. The van der Waals surface area contributed by atoms with Gasteiger partial charge in [0.25, 0.3) is 11.7 Å². The Morgan fingerprint density at radius 2 is 1.81 bits per heavy atom. The third-order valence-corrected chi connectivity index (χ3v) is 6.30. The van der Waals surface area contributed by atoms with Crippen LogP contribution in [-0.2, 0) is 0 Å². The first-order chi connectivity index (χ1) is 15.4. The van der Waals surface area contributed by atoms with E-state index in [9.17, 15) is 4.79 Å². The maximum Gasteiger partial charge on any atom is 0.257 e. The van der Waals surface area contributed by atoms with Crippen molar-refractivity contribution in [2.45, 2.75) is 13.8 Å². The number of aryl methyl sites for hydroxylation is 2. The van der Waals surface area contributed by atoms with Crippen LogP contribution in [0.3, 0.4) is 0 Å². The molecule has 164 valence electrons. The molecule has 1 aliphatic heterocycles. The number of rotatable bonds is 3. The largest absolute Gasteiger partial charge is 0.466 e. The normalized spacial score (nSPS) is 14.4. The Kier molecular flexibility index (Phi) is 5.27. The number of nitrogens with zero attached hydrogens (tertiary/aromatic N) is 6. The summed E-state index contributed by atoms with van der Waals surface area (Å²) in [6.45, 7) is 6.06. The van der Waals surface area contributed by atoms with E-state index in [0.717, 1.165) is 17.0 Å². The lowest BCUT2D eigenvalue weighted by atomic mass is 10.1. The van der Waals surface area contributed by atoms with E-state index in [0.29, 0.717) is 59.3 Å². The molecule has 5 rings (SSSR count). The highest BCUT2D eigenvalue weighted by atomic mass is 35.5. The Labute approximate surface area is 194 Å². The number of benzene rings is 1. The number of halogens is 2. The summed E-state index contributed by atoms with van der Waals surface area (Å²) in [5.41, 5.74) is 2.30. The third-order valence-electron chi connectivity index (χ3n) is 5.57. The average molecular weight is 471 g/mol. The highest BCUT2D eigenvalue weighted by Crippen LogP contribution is 2.29. The van der Waals surface area contributed by atoms with Crippen molar-refractivity contribution in [2.75, 3.05) is 31.1 Å². The number of hydrogen-bond donors (Lipinski definition) is 0. The molecule has 3 aromatic heterocycles. The van der Waals surface area contributed by atoms with Gasteiger partial charge in [-0.15, -0.1) is 5.10 Å². The SMILES string of the molecule is Cc1cc(C(=O)N2CCN(c3nc4nccc(-c5ccc(Cl)c(Cl)c5)n4n3)CC2)c(C)o1. The fourth-order valence-corrected chi connectivity index (χ4v) is 4.21. The lowest BCUT2D eigenvalue weighted by Gasteiger charge is -2.34. The first-order valence-corrected chi connectivity index (χ1v) is 10.9. The van der Waals surface area contributed by atoms with Gasteiger partial charge in [0.15, 0.2) is 0 Å². The van der Waals surface area contributed by atoms with Gasteiger partial charge in [-0.05, 0) is 38.1 Å². The molecule has 1 saturated heterocycles. The van der Waals surface area contributed by atoms with E-state index in [1.807, 2.05) is 30.9 Å². The molecule has 1 aliphatic rings. The fraction of sp³-hybridized carbons (Fsp3) is 0.273. The molecule has 0 spiro atoms. The highest BCUT2D eigenvalue weighted by molar-refractivity contribution is 6.42. The minimum Gasteiger partial charge on any atom is -0.466 e. The first-order valence-electron chi connectivity index (χ1n) is 10.2. The number of anilines is 1. The Hall–Kier alpha value is -3.10. The van der Waals surface area contributed by atoms with E-state index >= 15 is 0 Å². The Balaban J connectivity index is 1.37. The zero-order chi connectivity index (χ0) is 22.4. The van der Waals surface area contributed by atoms with Crippen LogP contribution in [0.1, 0.15) is 21.9 Å². The van der Waals surface area contributed by atoms with E-state index in [2.05, 4.69) is 20.0 Å². The predicted octanol–water partition coefficient (Wildman–Crippen LogP) is 4.27. The Morgan fingerprint density at radius 3 is 2.50 bits per heavy atom. The van der Waals surface area contributed by atoms with E-state index < -0.39 is 0 Å². The van der Waals surface area contributed by atoms with Gasteiger partial charge in [0.05, 0.1) is 21.3 Å². The summed E-state index contributed by atoms with van der Waals surface area (Å²) >= 11 is 12.3. The van der Waals surface area contributed by atoms with Crippen LogP contribution in [-0.4, -0.2) is 56.6 Å². The highest BCUT2D eigenvalue weighted by Gasteiger charge is 2.26. The number of aromatic nitrogens is 4. The Bertz CT molecular complexity index is 1320. The number of furan rings is 1. The van der Waals surface area contributed by atoms with E-state index in [-0.39, 0.29) is 5.91 Å². The van der Waals surface area contributed by atoms with Crippen LogP contribution in [0.4, 0.5) is 5.95 Å². The maximum atomic E-state index is 12.9. The van der Waals surface area contributed by atoms with Gasteiger partial charge in [-0.3, -0.25) is 4.79 Å². The van der Waals surface area contributed by atoms with Crippen molar-refractivity contribution in [2.24, 2.45) is 0 Å². The molecule has 0 aliphatic carbocycles. The summed E-state index contributed by atoms with van der Waals surface area (Å²) in [6.07, 6.45) is 1.69.